The van der Waals surface area contributed by atoms with Crippen molar-refractivity contribution in [2.75, 3.05) is 7.05 Å². The molecule has 0 atom stereocenters. The maximum atomic E-state index is 3.14. The predicted octanol–water partition coefficient (Wildman–Crippen LogP) is 6.41. The molecule has 0 aromatic heterocycles. The fourth-order valence-electron chi connectivity index (χ4n) is 3.28. The van der Waals surface area contributed by atoms with Gasteiger partial charge in [0.2, 0.25) is 0 Å². The van der Waals surface area contributed by atoms with Crippen LogP contribution >= 0.6 is 0 Å². The zero-order chi connectivity index (χ0) is 18.3. The summed E-state index contributed by atoms with van der Waals surface area (Å²) in [6.07, 6.45) is 7.78. The van der Waals surface area contributed by atoms with E-state index in [0.717, 1.165) is 18.9 Å². The summed E-state index contributed by atoms with van der Waals surface area (Å²) < 4.78 is 0. The lowest BCUT2D eigenvalue weighted by Crippen LogP contribution is -2.04. The Morgan fingerprint density at radius 2 is 1.36 bits per heavy atom. The summed E-state index contributed by atoms with van der Waals surface area (Å²) in [4.78, 5) is 0. The van der Waals surface area contributed by atoms with Crippen molar-refractivity contribution in [2.45, 2.75) is 65.8 Å². The predicted molar refractivity (Wildman–Crippen MR) is 112 cm³/mol. The maximum absolute atomic E-state index is 3.14. The van der Waals surface area contributed by atoms with Gasteiger partial charge in [0.1, 0.15) is 0 Å². The van der Waals surface area contributed by atoms with E-state index in [9.17, 15) is 0 Å². The molecule has 0 bridgehead atoms. The standard InChI is InChI=1S/C14H22.C10H15N/c1-3-8-13(9-4-2)12-14-10-6-5-7-11-14;1-3-9-5-4-6-10(7-9)8-11-2/h5-7,10-11,13H,3-4,8-9,12H2,1-2H3;4-7,11H,3,8H2,1-2H3. The van der Waals surface area contributed by atoms with Crippen LogP contribution in [0, 0.1) is 5.92 Å². The van der Waals surface area contributed by atoms with Gasteiger partial charge in [-0.2, -0.15) is 0 Å². The molecule has 0 radical (unpaired) electrons. The van der Waals surface area contributed by atoms with Crippen LogP contribution in [-0.2, 0) is 19.4 Å². The molecule has 0 saturated carbocycles. The van der Waals surface area contributed by atoms with Gasteiger partial charge in [-0.15, -0.1) is 0 Å². The zero-order valence-electron chi connectivity index (χ0n) is 16.7. The number of nitrogens with one attached hydrogen (secondary N) is 1. The average molecular weight is 340 g/mol. The van der Waals surface area contributed by atoms with Crippen molar-refractivity contribution < 1.29 is 0 Å². The van der Waals surface area contributed by atoms with Crippen LogP contribution in [0.1, 0.15) is 63.1 Å². The van der Waals surface area contributed by atoms with Gasteiger partial charge in [0.25, 0.3) is 0 Å². The SMILES string of the molecule is CCCC(CCC)Cc1ccccc1.CCc1cccc(CNC)c1. The summed E-state index contributed by atoms with van der Waals surface area (Å²) in [5, 5.41) is 3.14. The number of aryl methyl sites for hydroxylation is 1. The lowest BCUT2D eigenvalue weighted by Gasteiger charge is -2.14. The molecule has 0 saturated heterocycles. The molecule has 2 aromatic rings. The Balaban J connectivity index is 0.000000257. The van der Waals surface area contributed by atoms with E-state index in [0.29, 0.717) is 0 Å². The fraction of sp³-hybridized carbons (Fsp3) is 0.500. The first-order valence-electron chi connectivity index (χ1n) is 9.99. The quantitative estimate of drug-likeness (QED) is 0.556. The van der Waals surface area contributed by atoms with Crippen LogP contribution in [0.3, 0.4) is 0 Å². The first-order valence-corrected chi connectivity index (χ1v) is 9.99. The Labute approximate surface area is 155 Å². The van der Waals surface area contributed by atoms with E-state index in [2.05, 4.69) is 80.7 Å². The molecule has 0 fully saturated rings. The second-order valence-corrected chi connectivity index (χ2v) is 6.84. The van der Waals surface area contributed by atoms with Gasteiger partial charge < -0.3 is 5.32 Å². The topological polar surface area (TPSA) is 12.0 Å². The molecule has 0 spiro atoms. The Kier molecular flexibility index (Phi) is 11.7. The van der Waals surface area contributed by atoms with Crippen molar-refractivity contribution in [3.05, 3.63) is 71.3 Å². The van der Waals surface area contributed by atoms with E-state index in [4.69, 9.17) is 0 Å². The van der Waals surface area contributed by atoms with E-state index < -0.39 is 0 Å². The van der Waals surface area contributed by atoms with Crippen LogP contribution in [0.15, 0.2) is 54.6 Å². The van der Waals surface area contributed by atoms with E-state index in [1.807, 2.05) is 7.05 Å². The molecule has 0 aliphatic carbocycles. The summed E-state index contributed by atoms with van der Waals surface area (Å²) in [7, 11) is 1.97. The smallest absolute Gasteiger partial charge is 0.0202 e. The lowest BCUT2D eigenvalue weighted by atomic mass is 9.91. The number of rotatable bonds is 9. The highest BCUT2D eigenvalue weighted by Crippen LogP contribution is 2.18. The molecule has 2 rings (SSSR count). The minimum absolute atomic E-state index is 0.896. The minimum Gasteiger partial charge on any atom is -0.316 e. The van der Waals surface area contributed by atoms with E-state index in [-0.39, 0.29) is 0 Å². The highest BCUT2D eigenvalue weighted by atomic mass is 14.8. The first kappa shape index (κ1) is 21.4. The molecular formula is C24H37N. The Bertz CT molecular complexity index is 541. The fourth-order valence-corrected chi connectivity index (χ4v) is 3.28. The Morgan fingerprint density at radius 3 is 1.92 bits per heavy atom. The Hall–Kier alpha value is -1.60. The second kappa shape index (κ2) is 13.7. The van der Waals surface area contributed by atoms with Gasteiger partial charge in [0.05, 0.1) is 0 Å². The van der Waals surface area contributed by atoms with Crippen LogP contribution in [0.4, 0.5) is 0 Å². The van der Waals surface area contributed by atoms with E-state index in [1.165, 1.54) is 48.8 Å². The highest BCUT2D eigenvalue weighted by molar-refractivity contribution is 5.23. The number of hydrogen-bond acceptors (Lipinski definition) is 1. The highest BCUT2D eigenvalue weighted by Gasteiger charge is 2.06. The molecule has 138 valence electrons. The largest absolute Gasteiger partial charge is 0.316 e. The second-order valence-electron chi connectivity index (χ2n) is 6.84. The van der Waals surface area contributed by atoms with Crippen molar-refractivity contribution in [1.29, 1.82) is 0 Å². The summed E-state index contributed by atoms with van der Waals surface area (Å²) in [6, 6.07) is 19.6. The van der Waals surface area contributed by atoms with Crippen molar-refractivity contribution in [1.82, 2.24) is 5.32 Å². The number of hydrogen-bond donors (Lipinski definition) is 1. The van der Waals surface area contributed by atoms with Gasteiger partial charge in [-0.3, -0.25) is 0 Å². The molecule has 1 N–H and O–H groups in total. The molecule has 0 aliphatic heterocycles. The van der Waals surface area contributed by atoms with Gasteiger partial charge in [-0.1, -0.05) is 101 Å². The molecule has 25 heavy (non-hydrogen) atoms. The van der Waals surface area contributed by atoms with Gasteiger partial charge in [0.15, 0.2) is 0 Å². The third-order valence-corrected chi connectivity index (χ3v) is 4.54. The minimum atomic E-state index is 0.896. The third kappa shape index (κ3) is 9.45. The molecule has 0 aliphatic rings. The first-order chi connectivity index (χ1) is 12.2. The average Bonchev–Trinajstić information content (AvgIpc) is 2.64. The van der Waals surface area contributed by atoms with Crippen LogP contribution < -0.4 is 5.32 Å². The molecule has 1 nitrogen and oxygen atoms in total. The van der Waals surface area contributed by atoms with Gasteiger partial charge >= 0.3 is 0 Å². The van der Waals surface area contributed by atoms with Gasteiger partial charge in [0, 0.05) is 6.54 Å². The molecule has 0 unspecified atom stereocenters. The van der Waals surface area contributed by atoms with Crippen LogP contribution in [0.2, 0.25) is 0 Å². The van der Waals surface area contributed by atoms with Gasteiger partial charge in [-0.25, -0.2) is 0 Å². The lowest BCUT2D eigenvalue weighted by molar-refractivity contribution is 0.438. The summed E-state index contributed by atoms with van der Waals surface area (Å²) in [5.74, 6) is 0.896. The molecule has 0 heterocycles. The summed E-state index contributed by atoms with van der Waals surface area (Å²) in [6.45, 7) is 7.72. The Morgan fingerprint density at radius 1 is 0.760 bits per heavy atom. The van der Waals surface area contributed by atoms with Crippen LogP contribution in [0.5, 0.6) is 0 Å². The van der Waals surface area contributed by atoms with E-state index in [1.54, 1.807) is 0 Å². The molecule has 2 aromatic carbocycles. The van der Waals surface area contributed by atoms with Gasteiger partial charge in [-0.05, 0) is 42.5 Å². The normalized spacial score (nSPS) is 10.4. The van der Waals surface area contributed by atoms with Crippen LogP contribution in [-0.4, -0.2) is 7.05 Å². The third-order valence-electron chi connectivity index (χ3n) is 4.54. The molecular weight excluding hydrogens is 302 g/mol. The maximum Gasteiger partial charge on any atom is 0.0202 e. The van der Waals surface area contributed by atoms with Crippen LogP contribution in [0.25, 0.3) is 0 Å². The monoisotopic (exact) mass is 339 g/mol. The number of benzene rings is 2. The van der Waals surface area contributed by atoms with Crippen molar-refractivity contribution in [2.24, 2.45) is 5.92 Å². The van der Waals surface area contributed by atoms with Crippen molar-refractivity contribution in [3.63, 3.8) is 0 Å². The molecule has 1 heteroatoms. The zero-order valence-corrected chi connectivity index (χ0v) is 16.7. The molecule has 0 amide bonds. The van der Waals surface area contributed by atoms with Crippen molar-refractivity contribution >= 4 is 0 Å². The van der Waals surface area contributed by atoms with E-state index >= 15 is 0 Å². The summed E-state index contributed by atoms with van der Waals surface area (Å²) in [5.41, 5.74) is 4.28. The van der Waals surface area contributed by atoms with Crippen molar-refractivity contribution in [3.8, 4) is 0 Å². The summed E-state index contributed by atoms with van der Waals surface area (Å²) >= 11 is 0.